The number of nitrogens with one attached hydrogen (secondary N) is 1. The van der Waals surface area contributed by atoms with Crippen LogP contribution in [0.5, 0.6) is 0 Å². The van der Waals surface area contributed by atoms with Crippen LogP contribution in [0.2, 0.25) is 5.28 Å². The number of imidazole rings is 1. The Kier molecular flexibility index (Phi) is 4.30. The SMILES string of the molecule is CC(C)(O)c1cc(C2CC2)n(-c2ccc(Cn3c(=O)[nH]c4cnc(Cl)nc43)cc2)n1. The molecule has 0 saturated heterocycles. The van der Waals surface area contributed by atoms with Crippen molar-refractivity contribution >= 4 is 22.8 Å². The van der Waals surface area contributed by atoms with Crippen molar-refractivity contribution in [1.82, 2.24) is 29.3 Å². The maximum Gasteiger partial charge on any atom is 0.328 e. The number of halogens is 1. The molecular formula is C21H21ClN6O2. The van der Waals surface area contributed by atoms with Crippen molar-refractivity contribution in [3.05, 3.63) is 69.2 Å². The quantitative estimate of drug-likeness (QED) is 0.479. The number of nitrogens with zero attached hydrogens (tertiary/aromatic N) is 5. The average molecular weight is 425 g/mol. The van der Waals surface area contributed by atoms with Gasteiger partial charge in [0.2, 0.25) is 5.28 Å². The summed E-state index contributed by atoms with van der Waals surface area (Å²) in [5.74, 6) is 0.488. The molecule has 9 heteroatoms. The van der Waals surface area contributed by atoms with Crippen LogP contribution in [-0.4, -0.2) is 34.4 Å². The summed E-state index contributed by atoms with van der Waals surface area (Å²) < 4.78 is 3.45. The number of hydrogen-bond donors (Lipinski definition) is 2. The van der Waals surface area contributed by atoms with Crippen LogP contribution in [0.1, 0.15) is 49.6 Å². The molecule has 1 aliphatic rings. The molecule has 0 radical (unpaired) electrons. The lowest BCUT2D eigenvalue weighted by Gasteiger charge is -2.13. The summed E-state index contributed by atoms with van der Waals surface area (Å²) in [5, 5.41) is 15.1. The lowest BCUT2D eigenvalue weighted by Crippen LogP contribution is -2.18. The third kappa shape index (κ3) is 3.42. The Labute approximate surface area is 177 Å². The van der Waals surface area contributed by atoms with E-state index in [2.05, 4.69) is 20.1 Å². The Morgan fingerprint density at radius 1 is 1.27 bits per heavy atom. The monoisotopic (exact) mass is 424 g/mol. The van der Waals surface area contributed by atoms with Crippen LogP contribution in [0, 0.1) is 0 Å². The van der Waals surface area contributed by atoms with Crippen LogP contribution in [0.25, 0.3) is 16.9 Å². The summed E-state index contributed by atoms with van der Waals surface area (Å²) >= 11 is 5.89. The molecule has 30 heavy (non-hydrogen) atoms. The second kappa shape index (κ2) is 6.78. The van der Waals surface area contributed by atoms with Gasteiger partial charge in [0.05, 0.1) is 24.1 Å². The standard InChI is InChI=1S/C21H21ClN6O2/c1-21(2,30)17-9-16(13-5-6-13)28(26-17)14-7-3-12(4-8-14)11-27-18-15(24-20(27)29)10-23-19(22)25-18/h3-4,7-10,13,30H,5-6,11H2,1-2H3,(H,24,29). The number of aliphatic hydroxyl groups is 1. The van der Waals surface area contributed by atoms with Crippen molar-refractivity contribution in [2.75, 3.05) is 0 Å². The second-order valence-electron chi connectivity index (χ2n) is 8.26. The Bertz CT molecular complexity index is 1290. The molecule has 0 unspecified atom stereocenters. The molecule has 0 bridgehead atoms. The number of fused-ring (bicyclic) bond motifs is 1. The van der Waals surface area contributed by atoms with E-state index in [4.69, 9.17) is 11.6 Å². The second-order valence-corrected chi connectivity index (χ2v) is 8.60. The molecule has 8 nitrogen and oxygen atoms in total. The molecule has 1 saturated carbocycles. The van der Waals surface area contributed by atoms with Gasteiger partial charge in [-0.1, -0.05) is 12.1 Å². The summed E-state index contributed by atoms with van der Waals surface area (Å²) in [6, 6.07) is 9.88. The molecule has 154 valence electrons. The number of rotatable bonds is 5. The van der Waals surface area contributed by atoms with E-state index in [9.17, 15) is 9.90 Å². The van der Waals surface area contributed by atoms with Gasteiger partial charge in [-0.3, -0.25) is 4.57 Å². The Balaban J connectivity index is 1.48. The normalized spacial score (nSPS) is 14.5. The van der Waals surface area contributed by atoms with E-state index in [0.29, 0.717) is 29.3 Å². The molecule has 3 heterocycles. The van der Waals surface area contributed by atoms with Crippen molar-refractivity contribution < 1.29 is 5.11 Å². The number of benzene rings is 1. The van der Waals surface area contributed by atoms with E-state index >= 15 is 0 Å². The van der Waals surface area contributed by atoms with E-state index in [1.807, 2.05) is 35.0 Å². The van der Waals surface area contributed by atoms with Gasteiger partial charge in [0.15, 0.2) is 5.65 Å². The zero-order valence-electron chi connectivity index (χ0n) is 16.6. The first-order valence-corrected chi connectivity index (χ1v) is 10.2. The molecule has 0 atom stereocenters. The van der Waals surface area contributed by atoms with Crippen molar-refractivity contribution in [3.8, 4) is 5.69 Å². The van der Waals surface area contributed by atoms with Crippen molar-refractivity contribution in [1.29, 1.82) is 0 Å². The fraction of sp³-hybridized carbons (Fsp3) is 0.333. The van der Waals surface area contributed by atoms with Gasteiger partial charge in [0.25, 0.3) is 0 Å². The highest BCUT2D eigenvalue weighted by Gasteiger charge is 2.31. The lowest BCUT2D eigenvalue weighted by atomic mass is 10.1. The Morgan fingerprint density at radius 3 is 2.67 bits per heavy atom. The van der Waals surface area contributed by atoms with Crippen LogP contribution in [0.15, 0.2) is 41.3 Å². The average Bonchev–Trinajstić information content (AvgIpc) is 3.37. The number of H-pyrrole nitrogens is 1. The zero-order valence-corrected chi connectivity index (χ0v) is 17.4. The van der Waals surface area contributed by atoms with Crippen LogP contribution in [-0.2, 0) is 12.1 Å². The zero-order chi connectivity index (χ0) is 21.0. The molecule has 1 fully saturated rings. The van der Waals surface area contributed by atoms with Gasteiger partial charge in [0, 0.05) is 11.6 Å². The first-order valence-electron chi connectivity index (χ1n) is 9.83. The minimum atomic E-state index is -0.992. The fourth-order valence-electron chi connectivity index (χ4n) is 3.57. The summed E-state index contributed by atoms with van der Waals surface area (Å²) in [5.41, 5.74) is 3.42. The van der Waals surface area contributed by atoms with Gasteiger partial charge < -0.3 is 10.1 Å². The predicted molar refractivity (Wildman–Crippen MR) is 113 cm³/mol. The van der Waals surface area contributed by atoms with Crippen LogP contribution < -0.4 is 5.69 Å². The van der Waals surface area contributed by atoms with Gasteiger partial charge in [-0.05, 0) is 62.1 Å². The van der Waals surface area contributed by atoms with E-state index in [0.717, 1.165) is 29.8 Å². The molecule has 5 rings (SSSR count). The summed E-state index contributed by atoms with van der Waals surface area (Å²) in [7, 11) is 0. The minimum absolute atomic E-state index is 0.0968. The molecule has 1 aliphatic carbocycles. The Hall–Kier alpha value is -2.97. The van der Waals surface area contributed by atoms with Crippen molar-refractivity contribution in [2.24, 2.45) is 0 Å². The molecule has 2 N–H and O–H groups in total. The van der Waals surface area contributed by atoms with Gasteiger partial charge in [-0.15, -0.1) is 0 Å². The third-order valence-electron chi connectivity index (χ3n) is 5.36. The van der Waals surface area contributed by atoms with Gasteiger partial charge >= 0.3 is 5.69 Å². The van der Waals surface area contributed by atoms with E-state index in [1.165, 1.54) is 10.8 Å². The first kappa shape index (κ1) is 19.0. The lowest BCUT2D eigenvalue weighted by molar-refractivity contribution is 0.0734. The largest absolute Gasteiger partial charge is 0.384 e. The highest BCUT2D eigenvalue weighted by Crippen LogP contribution is 2.42. The molecule has 0 aliphatic heterocycles. The smallest absolute Gasteiger partial charge is 0.328 e. The summed E-state index contributed by atoms with van der Waals surface area (Å²) in [4.78, 5) is 23.1. The summed E-state index contributed by atoms with van der Waals surface area (Å²) in [6.07, 6.45) is 3.79. The van der Waals surface area contributed by atoms with E-state index < -0.39 is 5.60 Å². The molecule has 0 spiro atoms. The summed E-state index contributed by atoms with van der Waals surface area (Å²) in [6.45, 7) is 3.85. The molecule has 1 aromatic carbocycles. The van der Waals surface area contributed by atoms with Gasteiger partial charge in [-0.25, -0.2) is 14.5 Å². The Morgan fingerprint density at radius 2 is 2.00 bits per heavy atom. The third-order valence-corrected chi connectivity index (χ3v) is 5.54. The minimum Gasteiger partial charge on any atom is -0.384 e. The predicted octanol–water partition coefficient (Wildman–Crippen LogP) is 3.11. The van der Waals surface area contributed by atoms with E-state index in [1.54, 1.807) is 13.8 Å². The highest BCUT2D eigenvalue weighted by molar-refractivity contribution is 6.28. The highest BCUT2D eigenvalue weighted by atomic mass is 35.5. The fourth-order valence-corrected chi connectivity index (χ4v) is 3.70. The topological polar surface area (TPSA) is 102 Å². The maximum absolute atomic E-state index is 12.3. The molecule has 4 aromatic rings. The van der Waals surface area contributed by atoms with Gasteiger partial charge in [-0.2, -0.15) is 10.1 Å². The number of aromatic amines is 1. The van der Waals surface area contributed by atoms with Gasteiger partial charge in [0.1, 0.15) is 11.1 Å². The van der Waals surface area contributed by atoms with E-state index in [-0.39, 0.29) is 11.0 Å². The number of hydrogen-bond acceptors (Lipinski definition) is 5. The molecule has 0 amide bonds. The number of aromatic nitrogens is 6. The van der Waals surface area contributed by atoms with Crippen LogP contribution in [0.3, 0.4) is 0 Å². The van der Waals surface area contributed by atoms with Crippen LogP contribution >= 0.6 is 11.6 Å². The first-order chi connectivity index (χ1) is 14.3. The molecule has 3 aromatic heterocycles. The van der Waals surface area contributed by atoms with Crippen LogP contribution in [0.4, 0.5) is 0 Å². The maximum atomic E-state index is 12.3. The molecular weight excluding hydrogens is 404 g/mol. The van der Waals surface area contributed by atoms with Crippen molar-refractivity contribution in [3.63, 3.8) is 0 Å². The van der Waals surface area contributed by atoms with Crippen molar-refractivity contribution in [2.45, 2.75) is 44.8 Å².